The first kappa shape index (κ1) is 48.0. The predicted octanol–water partition coefficient (Wildman–Crippen LogP) is 14.6. The van der Waals surface area contributed by atoms with E-state index in [4.69, 9.17) is 9.40 Å². The number of nitriles is 1. The number of aromatic nitrogens is 3. The van der Waals surface area contributed by atoms with Gasteiger partial charge in [-0.1, -0.05) is 50.4 Å². The quantitative estimate of drug-likeness (QED) is 0.0908. The molecule has 9 rings (SSSR count). The summed E-state index contributed by atoms with van der Waals surface area (Å²) in [6.07, 6.45) is 2.10. The van der Waals surface area contributed by atoms with Crippen molar-refractivity contribution >= 4 is 50.6 Å². The van der Waals surface area contributed by atoms with Crippen LogP contribution in [-0.2, 0) is 25.5 Å². The number of rotatable bonds is 7. The number of hydrogen-bond acceptors (Lipinski definition) is 3. The molecule has 3 aromatic heterocycles. The molecule has 6 aromatic carbocycles. The van der Waals surface area contributed by atoms with Crippen molar-refractivity contribution in [2.45, 2.75) is 83.0 Å². The van der Waals surface area contributed by atoms with Crippen molar-refractivity contribution in [3.63, 3.8) is 0 Å². The van der Waals surface area contributed by atoms with Crippen LogP contribution >= 0.6 is 0 Å². The number of fused-ring (bicyclic) bond motifs is 4. The summed E-state index contributed by atoms with van der Waals surface area (Å²) in [7, 11) is 4.10. The Bertz CT molecular complexity index is 3260. The third kappa shape index (κ3) is 9.25. The number of para-hydroxylation sites is 2. The summed E-state index contributed by atoms with van der Waals surface area (Å²) in [5, 5.41) is 10.8. The van der Waals surface area contributed by atoms with Crippen molar-refractivity contribution in [2.75, 3.05) is 0 Å². The van der Waals surface area contributed by atoms with E-state index in [2.05, 4.69) is 157 Å². The molecular weight excluding hydrogens is 1050 g/mol. The number of nitrogens with zero attached hydrogens (tertiary/aromatic N) is 4. The van der Waals surface area contributed by atoms with Gasteiger partial charge in [-0.15, -0.1) is 29.8 Å². The molecule has 0 N–H and O–H groups in total. The van der Waals surface area contributed by atoms with Gasteiger partial charge in [0.25, 0.3) is 0 Å². The van der Waals surface area contributed by atoms with Crippen molar-refractivity contribution in [2.24, 2.45) is 0 Å². The molecule has 0 aliphatic carbocycles. The molecule has 5 nitrogen and oxygen atoms in total. The molecule has 0 radical (unpaired) electrons. The fourth-order valence-electron chi connectivity index (χ4n) is 8.58. The summed E-state index contributed by atoms with van der Waals surface area (Å²) in [6.45, 7) is 19.7. The minimum absolute atomic E-state index is 0. The first-order valence-corrected chi connectivity index (χ1v) is 29.7. The van der Waals surface area contributed by atoms with Gasteiger partial charge in [0.15, 0.2) is 0 Å². The molecule has 0 amide bonds. The Morgan fingerprint density at radius 1 is 0.818 bits per heavy atom. The van der Waals surface area contributed by atoms with Crippen LogP contribution in [0.3, 0.4) is 0 Å². The van der Waals surface area contributed by atoms with Crippen LogP contribution < -0.4 is 8.96 Å². The third-order valence-electron chi connectivity index (χ3n) is 12.3. The smallest absolute Gasteiger partial charge is 0.343 e. The van der Waals surface area contributed by atoms with Crippen LogP contribution in [0.5, 0.6) is 0 Å². The maximum Gasteiger partial charge on any atom is 3.00 e. The standard InChI is InChI=1S/C41H37FGeN3O.C17H20N.Ir/c1-24(2)32-19-27(26-15-17-29(18-16-26)43(5,6)7)20-33(25(3)4)39(32)46-37-14-9-8-13-36(37)45-41(46)31-12-10-11-30-34-22-35(42)28(23-44)21-38(34)47-40(30)31;1-13-8-6-7-9-15(13)16-11-10-14(12-18(16)5)17(2,3)4;/h8-11,13-22,24-25H,1-7H3;6-12H,1,5H2,2-4H3;/q2*-1;+3. The second-order valence-corrected chi connectivity index (χ2v) is 30.4. The van der Waals surface area contributed by atoms with Gasteiger partial charge in [0.2, 0.25) is 0 Å². The van der Waals surface area contributed by atoms with Gasteiger partial charge in [-0.2, -0.15) is 23.8 Å². The van der Waals surface area contributed by atoms with Gasteiger partial charge in [-0.05, 0) is 17.0 Å². The molecule has 0 unspecified atom stereocenters. The minimum Gasteiger partial charge on any atom is -0.343 e. The Kier molecular flexibility index (Phi) is 13.7. The fourth-order valence-corrected chi connectivity index (χ4v) is 11.0. The zero-order chi connectivity index (χ0) is 46.5. The predicted molar refractivity (Wildman–Crippen MR) is 270 cm³/mol. The number of imidazole rings is 1. The molecule has 0 atom stereocenters. The average Bonchev–Trinajstić information content (AvgIpc) is 3.83. The maximum absolute atomic E-state index is 14.8. The molecule has 0 saturated carbocycles. The van der Waals surface area contributed by atoms with Crippen molar-refractivity contribution < 1.29 is 33.5 Å². The summed E-state index contributed by atoms with van der Waals surface area (Å²) < 4.78 is 26.8. The molecule has 0 fully saturated rings. The Morgan fingerprint density at radius 3 is 2.08 bits per heavy atom. The number of halogens is 1. The van der Waals surface area contributed by atoms with E-state index >= 15 is 0 Å². The van der Waals surface area contributed by atoms with Gasteiger partial charge in [0.05, 0.1) is 17.5 Å². The molecule has 0 saturated heterocycles. The summed E-state index contributed by atoms with van der Waals surface area (Å²) in [5.74, 6) is 7.86. The first-order chi connectivity index (χ1) is 30.8. The largest absolute Gasteiger partial charge is 3.00 e. The van der Waals surface area contributed by atoms with E-state index in [9.17, 15) is 9.65 Å². The summed E-state index contributed by atoms with van der Waals surface area (Å²) >= 11 is -1.94. The normalized spacial score (nSPS) is 11.8. The SMILES string of the molecule is CC(C)c1cc(-c2cc[c]([Ge]([CH3])([CH3])[CH3])cc2)cc(C(C)C)c1-n1c(-c2[c-]ccc3c2oc2cc(C#N)c(F)cc23)nc2ccccc21.[CH2-]c1ccccc1-c1ccc(C(C)(C)C)c[n+]1[CH2-].[Ir+3]. The van der Waals surface area contributed by atoms with E-state index in [1.165, 1.54) is 44.3 Å². The van der Waals surface area contributed by atoms with Crippen molar-refractivity contribution in [1.29, 1.82) is 5.26 Å². The van der Waals surface area contributed by atoms with Crippen molar-refractivity contribution in [1.82, 2.24) is 9.55 Å². The van der Waals surface area contributed by atoms with E-state index in [0.717, 1.165) is 38.9 Å². The number of hydrogen-bond donors (Lipinski definition) is 0. The molecule has 0 spiro atoms. The third-order valence-corrected chi connectivity index (χ3v) is 16.7. The summed E-state index contributed by atoms with van der Waals surface area (Å²) in [6, 6.07) is 46.4. The number of pyridine rings is 1. The Hall–Kier alpha value is -5.91. The second kappa shape index (κ2) is 18.8. The van der Waals surface area contributed by atoms with Crippen LogP contribution in [0.15, 0.2) is 132 Å². The Morgan fingerprint density at radius 2 is 1.47 bits per heavy atom. The van der Waals surface area contributed by atoms with E-state index in [1.54, 1.807) is 0 Å². The van der Waals surface area contributed by atoms with Crippen LogP contribution in [0, 0.1) is 37.2 Å². The molecule has 3 heterocycles. The van der Waals surface area contributed by atoms with Gasteiger partial charge >= 0.3 is 221 Å². The van der Waals surface area contributed by atoms with Crippen LogP contribution in [0.4, 0.5) is 4.39 Å². The molecule has 0 aliphatic heterocycles. The minimum atomic E-state index is -1.94. The molecule has 66 heavy (non-hydrogen) atoms. The van der Waals surface area contributed by atoms with Gasteiger partial charge in [0, 0.05) is 18.5 Å². The van der Waals surface area contributed by atoms with Crippen LogP contribution in [0.25, 0.3) is 72.4 Å². The summed E-state index contributed by atoms with van der Waals surface area (Å²) in [5.41, 5.74) is 14.2. The van der Waals surface area contributed by atoms with Gasteiger partial charge < -0.3 is 8.98 Å². The molecule has 334 valence electrons. The summed E-state index contributed by atoms with van der Waals surface area (Å²) in [4.78, 5) is 5.20. The van der Waals surface area contributed by atoms with Gasteiger partial charge in [-0.3, -0.25) is 0 Å². The van der Waals surface area contributed by atoms with Crippen molar-refractivity contribution in [3.05, 3.63) is 181 Å². The van der Waals surface area contributed by atoms with Crippen LogP contribution in [-0.4, -0.2) is 22.8 Å². The van der Waals surface area contributed by atoms with E-state index in [-0.39, 0.29) is 42.9 Å². The topological polar surface area (TPSA) is 58.6 Å². The monoisotopic (exact) mass is 1110 g/mol. The first-order valence-electron chi connectivity index (χ1n) is 22.4. The second-order valence-electron chi connectivity index (χ2n) is 19.7. The van der Waals surface area contributed by atoms with E-state index in [0.29, 0.717) is 27.9 Å². The number of benzene rings is 6. The van der Waals surface area contributed by atoms with Gasteiger partial charge in [-0.25, -0.2) is 4.39 Å². The van der Waals surface area contributed by atoms with Crippen LogP contribution in [0.1, 0.15) is 88.1 Å². The molecule has 0 bridgehead atoms. The zero-order valence-electron chi connectivity index (χ0n) is 39.6. The molecule has 8 heteroatoms. The number of furan rings is 1. The van der Waals surface area contributed by atoms with Gasteiger partial charge in [0.1, 0.15) is 17.5 Å². The molecule has 9 aromatic rings. The van der Waals surface area contributed by atoms with Crippen molar-refractivity contribution in [3.8, 4) is 45.5 Å². The molecule has 0 aliphatic rings. The average molecular weight is 1110 g/mol. The Labute approximate surface area is 406 Å². The molecular formula is C58H57FGeIrN4O+. The maximum atomic E-state index is 14.8. The fraction of sp³-hybridized carbons (Fsp3) is 0.224. The van der Waals surface area contributed by atoms with E-state index in [1.807, 2.05) is 59.2 Å². The van der Waals surface area contributed by atoms with E-state index < -0.39 is 19.1 Å². The Balaban J connectivity index is 0.000000287. The zero-order valence-corrected chi connectivity index (χ0v) is 44.1. The van der Waals surface area contributed by atoms with Crippen LogP contribution in [0.2, 0.25) is 17.3 Å².